The van der Waals surface area contributed by atoms with E-state index < -0.39 is 4.92 Å². The molecule has 0 fully saturated rings. The molecule has 0 saturated carbocycles. The van der Waals surface area contributed by atoms with Gasteiger partial charge in [0.25, 0.3) is 0 Å². The SMILES string of the molecule is CCc1nn(C)c(NCCn2ccnn2)c1[N+](=O)[O-]. The van der Waals surface area contributed by atoms with Crippen LogP contribution in [0, 0.1) is 10.1 Å². The molecule has 0 amide bonds. The molecule has 0 radical (unpaired) electrons. The topological polar surface area (TPSA) is 104 Å². The molecule has 0 aliphatic heterocycles. The van der Waals surface area contributed by atoms with Crippen LogP contribution < -0.4 is 5.32 Å². The Morgan fingerprint density at radius 1 is 1.53 bits per heavy atom. The number of hydrogen-bond acceptors (Lipinski definition) is 6. The maximum Gasteiger partial charge on any atom is 0.333 e. The number of hydrogen-bond donors (Lipinski definition) is 1. The molecule has 9 heteroatoms. The summed E-state index contributed by atoms with van der Waals surface area (Å²) in [5.41, 5.74) is 0.527. The van der Waals surface area contributed by atoms with Gasteiger partial charge in [0.2, 0.25) is 5.82 Å². The molecule has 0 atom stereocenters. The minimum Gasteiger partial charge on any atom is -0.363 e. The van der Waals surface area contributed by atoms with E-state index in [2.05, 4.69) is 20.7 Å². The average Bonchev–Trinajstić information content (AvgIpc) is 2.97. The van der Waals surface area contributed by atoms with E-state index in [-0.39, 0.29) is 5.69 Å². The second-order valence-electron chi connectivity index (χ2n) is 3.97. The van der Waals surface area contributed by atoms with Gasteiger partial charge in [-0.2, -0.15) is 5.10 Å². The van der Waals surface area contributed by atoms with Crippen molar-refractivity contribution in [2.45, 2.75) is 19.9 Å². The molecule has 0 aromatic carbocycles. The summed E-state index contributed by atoms with van der Waals surface area (Å²) in [5, 5.41) is 25.8. The summed E-state index contributed by atoms with van der Waals surface area (Å²) >= 11 is 0. The molecule has 0 spiro atoms. The van der Waals surface area contributed by atoms with Gasteiger partial charge in [-0.1, -0.05) is 12.1 Å². The van der Waals surface area contributed by atoms with Crippen LogP contribution in [0.1, 0.15) is 12.6 Å². The summed E-state index contributed by atoms with van der Waals surface area (Å²) < 4.78 is 3.15. The van der Waals surface area contributed by atoms with Crippen LogP contribution >= 0.6 is 0 Å². The minimum absolute atomic E-state index is 0.0450. The van der Waals surface area contributed by atoms with E-state index >= 15 is 0 Å². The summed E-state index contributed by atoms with van der Waals surface area (Å²) in [7, 11) is 1.68. The summed E-state index contributed by atoms with van der Waals surface area (Å²) in [6.07, 6.45) is 3.84. The lowest BCUT2D eigenvalue weighted by Crippen LogP contribution is -2.14. The van der Waals surface area contributed by atoms with E-state index in [1.54, 1.807) is 24.1 Å². The van der Waals surface area contributed by atoms with Crippen molar-refractivity contribution in [3.8, 4) is 0 Å². The van der Waals surface area contributed by atoms with E-state index in [0.29, 0.717) is 31.0 Å². The van der Waals surface area contributed by atoms with Crippen LogP contribution in [0.3, 0.4) is 0 Å². The van der Waals surface area contributed by atoms with Crippen molar-refractivity contribution in [3.05, 3.63) is 28.2 Å². The highest BCUT2D eigenvalue weighted by molar-refractivity contribution is 5.59. The zero-order chi connectivity index (χ0) is 13.8. The molecule has 0 bridgehead atoms. The third kappa shape index (κ3) is 2.69. The van der Waals surface area contributed by atoms with Gasteiger partial charge < -0.3 is 5.32 Å². The van der Waals surface area contributed by atoms with Gasteiger partial charge in [0.15, 0.2) is 0 Å². The van der Waals surface area contributed by atoms with Crippen LogP contribution in [-0.4, -0.2) is 36.2 Å². The lowest BCUT2D eigenvalue weighted by molar-refractivity contribution is -0.384. The Morgan fingerprint density at radius 3 is 2.89 bits per heavy atom. The largest absolute Gasteiger partial charge is 0.363 e. The molecule has 2 heterocycles. The van der Waals surface area contributed by atoms with Crippen molar-refractivity contribution >= 4 is 11.5 Å². The molecule has 2 rings (SSSR count). The molecular formula is C10H15N7O2. The smallest absolute Gasteiger partial charge is 0.333 e. The van der Waals surface area contributed by atoms with Crippen LogP contribution in [0.5, 0.6) is 0 Å². The van der Waals surface area contributed by atoms with E-state index in [1.807, 2.05) is 6.92 Å². The van der Waals surface area contributed by atoms with Gasteiger partial charge in [0.1, 0.15) is 5.69 Å². The molecule has 102 valence electrons. The van der Waals surface area contributed by atoms with Crippen molar-refractivity contribution in [2.24, 2.45) is 7.05 Å². The van der Waals surface area contributed by atoms with Gasteiger partial charge in [-0.25, -0.2) is 4.68 Å². The number of nitrogens with one attached hydrogen (secondary N) is 1. The van der Waals surface area contributed by atoms with Gasteiger partial charge in [-0.3, -0.25) is 14.8 Å². The van der Waals surface area contributed by atoms with Crippen LogP contribution in [0.2, 0.25) is 0 Å². The fraction of sp³-hybridized carbons (Fsp3) is 0.500. The standard InChI is InChI=1S/C10H15N7O2/c1-3-8-9(17(18)19)10(15(2)13-8)11-4-6-16-7-5-12-14-16/h5,7,11H,3-4,6H2,1-2H3. The lowest BCUT2D eigenvalue weighted by atomic mass is 10.3. The fourth-order valence-electron chi connectivity index (χ4n) is 1.84. The summed E-state index contributed by atoms with van der Waals surface area (Å²) in [6.45, 7) is 2.92. The molecular weight excluding hydrogens is 250 g/mol. The van der Waals surface area contributed by atoms with Crippen molar-refractivity contribution < 1.29 is 4.92 Å². The van der Waals surface area contributed by atoms with Crippen LogP contribution in [0.15, 0.2) is 12.4 Å². The van der Waals surface area contributed by atoms with Crippen LogP contribution in [0.4, 0.5) is 11.5 Å². The average molecular weight is 265 g/mol. The molecule has 0 aliphatic rings. The Bertz CT molecular complexity index is 561. The maximum absolute atomic E-state index is 11.1. The van der Waals surface area contributed by atoms with E-state index in [9.17, 15) is 10.1 Å². The van der Waals surface area contributed by atoms with E-state index in [1.165, 1.54) is 4.68 Å². The number of anilines is 1. The highest BCUT2D eigenvalue weighted by atomic mass is 16.6. The van der Waals surface area contributed by atoms with Crippen molar-refractivity contribution in [2.75, 3.05) is 11.9 Å². The van der Waals surface area contributed by atoms with Gasteiger partial charge in [0.05, 0.1) is 17.7 Å². The Balaban J connectivity index is 2.10. The molecule has 0 unspecified atom stereocenters. The predicted octanol–water partition coefficient (Wildman–Crippen LogP) is 0.594. The molecule has 2 aromatic heterocycles. The monoisotopic (exact) mass is 265 g/mol. The van der Waals surface area contributed by atoms with Gasteiger partial charge in [-0.05, 0) is 6.42 Å². The summed E-state index contributed by atoms with van der Waals surface area (Å²) in [5.74, 6) is 0.418. The van der Waals surface area contributed by atoms with Crippen molar-refractivity contribution in [3.63, 3.8) is 0 Å². The number of aromatic nitrogens is 5. The first-order chi connectivity index (χ1) is 9.13. The third-order valence-electron chi connectivity index (χ3n) is 2.71. The minimum atomic E-state index is -0.399. The molecule has 0 aliphatic carbocycles. The van der Waals surface area contributed by atoms with Crippen LogP contribution in [0.25, 0.3) is 0 Å². The first kappa shape index (κ1) is 13.0. The van der Waals surface area contributed by atoms with E-state index in [0.717, 1.165) is 0 Å². The maximum atomic E-state index is 11.1. The van der Waals surface area contributed by atoms with Gasteiger partial charge >= 0.3 is 5.69 Å². The number of nitrogens with zero attached hydrogens (tertiary/aromatic N) is 6. The highest BCUT2D eigenvalue weighted by Crippen LogP contribution is 2.28. The summed E-state index contributed by atoms with van der Waals surface area (Å²) in [6, 6.07) is 0. The molecule has 19 heavy (non-hydrogen) atoms. The second-order valence-corrected chi connectivity index (χ2v) is 3.97. The second kappa shape index (κ2) is 5.46. The molecule has 1 N–H and O–H groups in total. The lowest BCUT2D eigenvalue weighted by Gasteiger charge is -2.05. The normalized spacial score (nSPS) is 10.6. The van der Waals surface area contributed by atoms with Crippen molar-refractivity contribution in [1.29, 1.82) is 0 Å². The summed E-state index contributed by atoms with van der Waals surface area (Å²) in [4.78, 5) is 10.7. The number of nitro groups is 1. The first-order valence-corrected chi connectivity index (χ1v) is 5.91. The number of rotatable bonds is 6. The number of aryl methyl sites for hydroxylation is 2. The zero-order valence-corrected chi connectivity index (χ0v) is 10.8. The van der Waals surface area contributed by atoms with Crippen LogP contribution in [-0.2, 0) is 20.0 Å². The Kier molecular flexibility index (Phi) is 3.74. The fourth-order valence-corrected chi connectivity index (χ4v) is 1.84. The first-order valence-electron chi connectivity index (χ1n) is 5.91. The zero-order valence-electron chi connectivity index (χ0n) is 10.8. The third-order valence-corrected chi connectivity index (χ3v) is 2.71. The predicted molar refractivity (Wildman–Crippen MR) is 67.8 cm³/mol. The van der Waals surface area contributed by atoms with Gasteiger partial charge in [0, 0.05) is 19.8 Å². The molecule has 2 aromatic rings. The Morgan fingerprint density at radius 2 is 2.32 bits per heavy atom. The Hall–Kier alpha value is -2.45. The van der Waals surface area contributed by atoms with E-state index in [4.69, 9.17) is 0 Å². The molecule has 9 nitrogen and oxygen atoms in total. The quantitative estimate of drug-likeness (QED) is 0.605. The molecule has 0 saturated heterocycles. The Labute approximate surface area is 109 Å². The highest BCUT2D eigenvalue weighted by Gasteiger charge is 2.25. The van der Waals surface area contributed by atoms with Gasteiger partial charge in [-0.15, -0.1) is 5.10 Å². The van der Waals surface area contributed by atoms with Crippen molar-refractivity contribution in [1.82, 2.24) is 24.8 Å².